The van der Waals surface area contributed by atoms with E-state index >= 15 is 0 Å². The third-order valence-corrected chi connectivity index (χ3v) is 7.02. The van der Waals surface area contributed by atoms with Gasteiger partial charge < -0.3 is 10.4 Å². The Labute approximate surface area is 158 Å². The van der Waals surface area contributed by atoms with Crippen LogP contribution in [0.4, 0.5) is 5.69 Å². The molecular weight excluding hydrogens is 368 g/mol. The summed E-state index contributed by atoms with van der Waals surface area (Å²) >= 11 is 0. The van der Waals surface area contributed by atoms with Gasteiger partial charge in [-0.3, -0.25) is 13.9 Å². The molecule has 0 aromatic heterocycles. The maximum absolute atomic E-state index is 12.9. The highest BCUT2D eigenvalue weighted by molar-refractivity contribution is 7.93. The molecule has 0 spiro atoms. The van der Waals surface area contributed by atoms with Crippen LogP contribution in [0.5, 0.6) is 0 Å². The molecule has 1 heterocycles. The molecule has 0 saturated carbocycles. The number of nitrogens with one attached hydrogen (secondary N) is 1. The van der Waals surface area contributed by atoms with Crippen molar-refractivity contribution >= 4 is 38.4 Å². The number of nitrogens with zero attached hydrogens (tertiary/aromatic N) is 1. The molecule has 3 rings (SSSR count). The summed E-state index contributed by atoms with van der Waals surface area (Å²) in [5.74, 6) is -1.53. The van der Waals surface area contributed by atoms with Crippen molar-refractivity contribution in [3.05, 3.63) is 36.4 Å². The maximum Gasteiger partial charge on any atom is 0.305 e. The molecule has 1 aliphatic heterocycles. The van der Waals surface area contributed by atoms with Crippen molar-refractivity contribution in [1.82, 2.24) is 5.32 Å². The highest BCUT2D eigenvalue weighted by Crippen LogP contribution is 2.41. The van der Waals surface area contributed by atoms with Crippen LogP contribution in [0.3, 0.4) is 0 Å². The van der Waals surface area contributed by atoms with E-state index in [1.807, 2.05) is 12.1 Å². The highest BCUT2D eigenvalue weighted by Gasteiger charge is 2.38. The fourth-order valence-electron chi connectivity index (χ4n) is 3.60. The van der Waals surface area contributed by atoms with Gasteiger partial charge in [-0.25, -0.2) is 8.42 Å². The van der Waals surface area contributed by atoms with E-state index in [1.165, 1.54) is 6.07 Å². The van der Waals surface area contributed by atoms with Gasteiger partial charge in [-0.1, -0.05) is 38.1 Å². The third kappa shape index (κ3) is 3.25. The zero-order valence-corrected chi connectivity index (χ0v) is 16.0. The molecule has 0 fully saturated rings. The first-order valence-corrected chi connectivity index (χ1v) is 10.3. The number of rotatable bonds is 7. The van der Waals surface area contributed by atoms with Gasteiger partial charge in [0.15, 0.2) is 0 Å². The molecule has 0 unspecified atom stereocenters. The van der Waals surface area contributed by atoms with E-state index in [9.17, 15) is 18.0 Å². The van der Waals surface area contributed by atoms with Gasteiger partial charge in [-0.05, 0) is 30.4 Å². The van der Waals surface area contributed by atoms with Crippen LogP contribution < -0.4 is 9.62 Å². The number of sulfonamides is 1. The number of carbonyl (C=O) groups excluding carboxylic acids is 1. The number of carbonyl (C=O) groups is 2. The van der Waals surface area contributed by atoms with E-state index in [2.05, 4.69) is 5.32 Å². The van der Waals surface area contributed by atoms with Crippen molar-refractivity contribution < 1.29 is 23.1 Å². The van der Waals surface area contributed by atoms with Crippen molar-refractivity contribution in [2.75, 3.05) is 10.8 Å². The summed E-state index contributed by atoms with van der Waals surface area (Å²) in [6, 6.07) is 10.3. The molecule has 8 heteroatoms. The van der Waals surface area contributed by atoms with Crippen molar-refractivity contribution in [2.24, 2.45) is 0 Å². The lowest BCUT2D eigenvalue weighted by Gasteiger charge is -2.32. The quantitative estimate of drug-likeness (QED) is 0.756. The van der Waals surface area contributed by atoms with Crippen LogP contribution >= 0.6 is 0 Å². The first kappa shape index (κ1) is 19.2. The molecule has 7 nitrogen and oxygen atoms in total. The summed E-state index contributed by atoms with van der Waals surface area (Å²) in [5, 5.41) is 13.3. The zero-order chi connectivity index (χ0) is 19.8. The summed E-state index contributed by atoms with van der Waals surface area (Å²) in [6.07, 6.45) is 0.655. The van der Waals surface area contributed by atoms with Crippen molar-refractivity contribution in [3.8, 4) is 0 Å². The van der Waals surface area contributed by atoms with Gasteiger partial charge in [0.2, 0.25) is 5.91 Å². The molecule has 0 atom stereocenters. The van der Waals surface area contributed by atoms with E-state index < -0.39 is 34.0 Å². The standard InChI is InChI=1S/C19H22N2O5S/c1-3-19(4-2,11-17(23)24)20-16(22)12-21-14-9-5-7-13-8-6-10-15(18(13)14)27(21,25)26/h5-10H,3-4,11-12H2,1-2H3,(H,20,22)(H,23,24). The molecule has 0 aliphatic carbocycles. The number of hydrogen-bond donors (Lipinski definition) is 2. The predicted octanol–water partition coefficient (Wildman–Crippen LogP) is 2.50. The molecule has 0 bridgehead atoms. The SMILES string of the molecule is CCC(CC)(CC(=O)O)NC(=O)CN1c2cccc3cccc(c23)S1(=O)=O. The Balaban J connectivity index is 1.91. The second kappa shape index (κ2) is 6.84. The summed E-state index contributed by atoms with van der Waals surface area (Å²) in [5.41, 5.74) is -0.430. The average molecular weight is 390 g/mol. The van der Waals surface area contributed by atoms with Gasteiger partial charge in [0.05, 0.1) is 22.5 Å². The normalized spacial score (nSPS) is 15.1. The van der Waals surface area contributed by atoms with Gasteiger partial charge in [0.25, 0.3) is 10.0 Å². The number of aliphatic carboxylic acids is 1. The Kier molecular flexibility index (Phi) is 4.86. The molecule has 0 saturated heterocycles. The minimum atomic E-state index is -3.83. The van der Waals surface area contributed by atoms with Crippen LogP contribution in [-0.4, -0.2) is 37.5 Å². The Hall–Kier alpha value is -2.61. The van der Waals surface area contributed by atoms with Crippen LogP contribution in [-0.2, 0) is 19.6 Å². The van der Waals surface area contributed by atoms with Crippen LogP contribution in [0.25, 0.3) is 10.8 Å². The van der Waals surface area contributed by atoms with Crippen LogP contribution in [0, 0.1) is 0 Å². The van der Waals surface area contributed by atoms with Gasteiger partial charge in [-0.15, -0.1) is 0 Å². The van der Waals surface area contributed by atoms with Crippen molar-refractivity contribution in [3.63, 3.8) is 0 Å². The minimum Gasteiger partial charge on any atom is -0.481 e. The predicted molar refractivity (Wildman–Crippen MR) is 102 cm³/mol. The van der Waals surface area contributed by atoms with Gasteiger partial charge in [-0.2, -0.15) is 0 Å². The number of amides is 1. The molecule has 0 radical (unpaired) electrons. The molecular formula is C19H22N2O5S. The number of hydrogen-bond acceptors (Lipinski definition) is 4. The van der Waals surface area contributed by atoms with E-state index in [-0.39, 0.29) is 11.3 Å². The second-order valence-electron chi connectivity index (χ2n) is 6.75. The van der Waals surface area contributed by atoms with Crippen molar-refractivity contribution in [1.29, 1.82) is 0 Å². The smallest absolute Gasteiger partial charge is 0.305 e. The lowest BCUT2D eigenvalue weighted by molar-refractivity contribution is -0.139. The highest BCUT2D eigenvalue weighted by atomic mass is 32.2. The van der Waals surface area contributed by atoms with E-state index in [4.69, 9.17) is 5.11 Å². The van der Waals surface area contributed by atoms with Gasteiger partial charge in [0.1, 0.15) is 6.54 Å². The fraction of sp³-hybridized carbons (Fsp3) is 0.368. The Morgan fingerprint density at radius 1 is 1.11 bits per heavy atom. The Morgan fingerprint density at radius 3 is 2.33 bits per heavy atom. The number of anilines is 1. The first-order chi connectivity index (χ1) is 12.7. The summed E-state index contributed by atoms with van der Waals surface area (Å²) in [7, 11) is -3.83. The van der Waals surface area contributed by atoms with E-state index in [1.54, 1.807) is 32.0 Å². The Bertz CT molecular complexity index is 1010. The maximum atomic E-state index is 12.9. The van der Waals surface area contributed by atoms with Crippen molar-refractivity contribution in [2.45, 2.75) is 43.5 Å². The second-order valence-corrected chi connectivity index (χ2v) is 8.58. The Morgan fingerprint density at radius 2 is 1.74 bits per heavy atom. The van der Waals surface area contributed by atoms with Crippen LogP contribution in [0.15, 0.2) is 41.3 Å². The van der Waals surface area contributed by atoms with Crippen LogP contribution in [0.1, 0.15) is 33.1 Å². The number of carboxylic acid groups (broad SMARTS) is 1. The molecule has 2 aromatic rings. The summed E-state index contributed by atoms with van der Waals surface area (Å²) in [4.78, 5) is 24.0. The van der Waals surface area contributed by atoms with E-state index in [0.717, 1.165) is 9.69 Å². The monoisotopic (exact) mass is 390 g/mol. The average Bonchev–Trinajstić information content (AvgIpc) is 2.84. The summed E-state index contributed by atoms with van der Waals surface area (Å²) < 4.78 is 27.0. The third-order valence-electron chi connectivity index (χ3n) is 5.22. The minimum absolute atomic E-state index is 0.186. The van der Waals surface area contributed by atoms with Crippen LogP contribution in [0.2, 0.25) is 0 Å². The topological polar surface area (TPSA) is 104 Å². The zero-order valence-electron chi connectivity index (χ0n) is 15.2. The van der Waals surface area contributed by atoms with Gasteiger partial charge in [0, 0.05) is 5.39 Å². The molecule has 1 aliphatic rings. The molecule has 144 valence electrons. The summed E-state index contributed by atoms with van der Waals surface area (Å²) in [6.45, 7) is 3.21. The first-order valence-electron chi connectivity index (χ1n) is 8.81. The van der Waals surface area contributed by atoms with Gasteiger partial charge >= 0.3 is 5.97 Å². The molecule has 2 aromatic carbocycles. The fourth-order valence-corrected chi connectivity index (χ4v) is 5.27. The number of carboxylic acids is 1. The molecule has 2 N–H and O–H groups in total. The largest absolute Gasteiger partial charge is 0.481 e. The van der Waals surface area contributed by atoms with E-state index in [0.29, 0.717) is 23.9 Å². The molecule has 27 heavy (non-hydrogen) atoms. The lowest BCUT2D eigenvalue weighted by atomic mass is 9.89. The molecule has 1 amide bonds. The lowest BCUT2D eigenvalue weighted by Crippen LogP contribution is -2.52. The number of benzene rings is 2.